The van der Waals surface area contributed by atoms with Gasteiger partial charge in [-0.3, -0.25) is 9.08 Å². The molecule has 0 aromatic carbocycles. The third-order valence-electron chi connectivity index (χ3n) is 3.28. The van der Waals surface area contributed by atoms with Crippen LogP contribution in [0.2, 0.25) is 0 Å². The quantitative estimate of drug-likeness (QED) is 0.782. The molecule has 0 radical (unpaired) electrons. The van der Waals surface area contributed by atoms with Gasteiger partial charge in [-0.1, -0.05) is 13.0 Å². The van der Waals surface area contributed by atoms with Crippen molar-refractivity contribution in [1.29, 1.82) is 0 Å². The minimum atomic E-state index is 0.663. The first-order chi connectivity index (χ1) is 9.22. The largest absolute Gasteiger partial charge is 0.383 e. The number of imidazole rings is 1. The number of rotatable bonds is 3. The van der Waals surface area contributed by atoms with Crippen LogP contribution in [0, 0.1) is 6.92 Å². The maximum absolute atomic E-state index is 6.22. The zero-order valence-electron chi connectivity index (χ0n) is 11.2. The molecule has 3 aromatic heterocycles. The van der Waals surface area contributed by atoms with E-state index in [2.05, 4.69) is 17.0 Å². The number of aromatic nitrogens is 4. The third-order valence-corrected chi connectivity index (χ3v) is 3.28. The Bertz CT molecular complexity index is 723. The van der Waals surface area contributed by atoms with Gasteiger partial charge in [-0.15, -0.1) is 0 Å². The van der Waals surface area contributed by atoms with E-state index in [1.54, 1.807) is 6.20 Å². The molecule has 2 N–H and O–H groups in total. The fourth-order valence-electron chi connectivity index (χ4n) is 2.33. The highest BCUT2D eigenvalue weighted by molar-refractivity contribution is 5.73. The summed E-state index contributed by atoms with van der Waals surface area (Å²) in [5.41, 5.74) is 10.0. The number of nitrogen functional groups attached to an aromatic ring is 1. The Morgan fingerprint density at radius 2 is 2.16 bits per heavy atom. The molecule has 0 saturated carbocycles. The van der Waals surface area contributed by atoms with E-state index in [0.717, 1.165) is 35.6 Å². The lowest BCUT2D eigenvalue weighted by Crippen LogP contribution is -2.02. The molecule has 0 bridgehead atoms. The van der Waals surface area contributed by atoms with Gasteiger partial charge in [0.05, 0.1) is 5.69 Å². The second kappa shape index (κ2) is 4.42. The van der Waals surface area contributed by atoms with E-state index < -0.39 is 0 Å². The second-order valence-electron chi connectivity index (χ2n) is 4.67. The third kappa shape index (κ3) is 1.78. The molecule has 0 amide bonds. The number of hydrogen-bond donors (Lipinski definition) is 1. The summed E-state index contributed by atoms with van der Waals surface area (Å²) in [7, 11) is 0. The molecule has 0 atom stereocenters. The summed E-state index contributed by atoms with van der Waals surface area (Å²) in [6.07, 6.45) is 4.76. The van der Waals surface area contributed by atoms with Crippen molar-refractivity contribution in [3.63, 3.8) is 0 Å². The fourth-order valence-corrected chi connectivity index (χ4v) is 2.33. The Labute approximate surface area is 111 Å². The first-order valence-corrected chi connectivity index (χ1v) is 6.47. The highest BCUT2D eigenvalue weighted by Gasteiger charge is 2.15. The van der Waals surface area contributed by atoms with Crippen LogP contribution in [-0.4, -0.2) is 19.2 Å². The molecule has 0 unspecified atom stereocenters. The minimum absolute atomic E-state index is 0.663. The lowest BCUT2D eigenvalue weighted by molar-refractivity contribution is 0.608. The normalized spacial score (nSPS) is 11.3. The molecule has 0 aliphatic carbocycles. The van der Waals surface area contributed by atoms with Crippen molar-refractivity contribution in [2.45, 2.75) is 26.8 Å². The zero-order valence-corrected chi connectivity index (χ0v) is 11.2. The molecule has 3 aromatic rings. The molecule has 3 rings (SSSR count). The standard InChI is InChI=1S/C14H17N5/c1-3-8-19-11(6-7-16-19)12-13(15)18-9-4-5-10(2)14(18)17-12/h4-7,9H,3,8,15H2,1-2H3. The average Bonchev–Trinajstić information content (AvgIpc) is 2.97. The molecule has 19 heavy (non-hydrogen) atoms. The van der Waals surface area contributed by atoms with Crippen LogP contribution in [0.25, 0.3) is 17.0 Å². The molecule has 3 heterocycles. The summed E-state index contributed by atoms with van der Waals surface area (Å²) < 4.78 is 3.88. The van der Waals surface area contributed by atoms with Crippen LogP contribution in [0.4, 0.5) is 5.82 Å². The fraction of sp³-hybridized carbons (Fsp3) is 0.286. The van der Waals surface area contributed by atoms with Gasteiger partial charge in [0, 0.05) is 18.9 Å². The number of nitrogens with two attached hydrogens (primary N) is 1. The molecule has 5 nitrogen and oxygen atoms in total. The second-order valence-corrected chi connectivity index (χ2v) is 4.67. The molecule has 0 aliphatic heterocycles. The monoisotopic (exact) mass is 255 g/mol. The van der Waals surface area contributed by atoms with Crippen LogP contribution in [0.3, 0.4) is 0 Å². The van der Waals surface area contributed by atoms with Crippen molar-refractivity contribution in [1.82, 2.24) is 19.2 Å². The van der Waals surface area contributed by atoms with E-state index in [1.807, 2.05) is 40.4 Å². The van der Waals surface area contributed by atoms with Crippen LogP contribution in [-0.2, 0) is 6.54 Å². The van der Waals surface area contributed by atoms with Gasteiger partial charge in [0.2, 0.25) is 0 Å². The molecule has 98 valence electrons. The number of nitrogens with zero attached hydrogens (tertiary/aromatic N) is 4. The van der Waals surface area contributed by atoms with Gasteiger partial charge in [0.25, 0.3) is 0 Å². The number of fused-ring (bicyclic) bond motifs is 1. The van der Waals surface area contributed by atoms with E-state index in [0.29, 0.717) is 5.82 Å². The molecule has 0 fully saturated rings. The Morgan fingerprint density at radius 1 is 1.32 bits per heavy atom. The first kappa shape index (κ1) is 11.8. The summed E-state index contributed by atoms with van der Waals surface area (Å²) in [6, 6.07) is 5.98. The molecular weight excluding hydrogens is 238 g/mol. The maximum Gasteiger partial charge on any atom is 0.142 e. The van der Waals surface area contributed by atoms with Gasteiger partial charge in [0.1, 0.15) is 17.2 Å². The number of hydrogen-bond acceptors (Lipinski definition) is 3. The van der Waals surface area contributed by atoms with Gasteiger partial charge in [-0.05, 0) is 31.0 Å². The average molecular weight is 255 g/mol. The Kier molecular flexibility index (Phi) is 2.74. The predicted octanol–water partition coefficient (Wildman–Crippen LogP) is 2.50. The first-order valence-electron chi connectivity index (χ1n) is 6.47. The van der Waals surface area contributed by atoms with Crippen molar-refractivity contribution in [2.24, 2.45) is 0 Å². The summed E-state index contributed by atoms with van der Waals surface area (Å²) in [5, 5.41) is 4.33. The van der Waals surface area contributed by atoms with Gasteiger partial charge >= 0.3 is 0 Å². The number of pyridine rings is 1. The smallest absolute Gasteiger partial charge is 0.142 e. The van der Waals surface area contributed by atoms with E-state index in [9.17, 15) is 0 Å². The lowest BCUT2D eigenvalue weighted by Gasteiger charge is -2.04. The molecule has 0 spiro atoms. The summed E-state index contributed by atoms with van der Waals surface area (Å²) in [6.45, 7) is 5.03. The summed E-state index contributed by atoms with van der Waals surface area (Å²) in [5.74, 6) is 0.663. The topological polar surface area (TPSA) is 61.1 Å². The van der Waals surface area contributed by atoms with Crippen molar-refractivity contribution < 1.29 is 0 Å². The van der Waals surface area contributed by atoms with Crippen molar-refractivity contribution in [3.05, 3.63) is 36.2 Å². The highest BCUT2D eigenvalue weighted by Crippen LogP contribution is 2.27. The van der Waals surface area contributed by atoms with E-state index in [-0.39, 0.29) is 0 Å². The highest BCUT2D eigenvalue weighted by atomic mass is 15.3. The zero-order chi connectivity index (χ0) is 13.4. The Balaban J connectivity index is 2.22. The number of anilines is 1. The molecule has 0 saturated heterocycles. The van der Waals surface area contributed by atoms with Gasteiger partial charge in [-0.2, -0.15) is 5.10 Å². The molecule has 5 heteroatoms. The Hall–Kier alpha value is -2.30. The SMILES string of the molecule is CCCn1nccc1-c1nc2c(C)cccn2c1N. The van der Waals surface area contributed by atoms with E-state index >= 15 is 0 Å². The molecule has 0 aliphatic rings. The summed E-state index contributed by atoms with van der Waals surface area (Å²) >= 11 is 0. The van der Waals surface area contributed by atoms with Crippen molar-refractivity contribution >= 4 is 11.5 Å². The maximum atomic E-state index is 6.22. The van der Waals surface area contributed by atoms with Crippen LogP contribution < -0.4 is 5.73 Å². The predicted molar refractivity (Wildman–Crippen MR) is 75.9 cm³/mol. The van der Waals surface area contributed by atoms with E-state index in [4.69, 9.17) is 5.73 Å². The van der Waals surface area contributed by atoms with Gasteiger partial charge in [-0.25, -0.2) is 4.98 Å². The van der Waals surface area contributed by atoms with Crippen LogP contribution in [0.15, 0.2) is 30.6 Å². The van der Waals surface area contributed by atoms with Crippen molar-refractivity contribution in [2.75, 3.05) is 5.73 Å². The van der Waals surface area contributed by atoms with Crippen LogP contribution >= 0.6 is 0 Å². The lowest BCUT2D eigenvalue weighted by atomic mass is 10.3. The van der Waals surface area contributed by atoms with Gasteiger partial charge < -0.3 is 5.73 Å². The van der Waals surface area contributed by atoms with Gasteiger partial charge in [0.15, 0.2) is 0 Å². The minimum Gasteiger partial charge on any atom is -0.383 e. The van der Waals surface area contributed by atoms with Crippen molar-refractivity contribution in [3.8, 4) is 11.4 Å². The number of aryl methyl sites for hydroxylation is 2. The van der Waals surface area contributed by atoms with E-state index in [1.165, 1.54) is 0 Å². The van der Waals surface area contributed by atoms with Crippen LogP contribution in [0.1, 0.15) is 18.9 Å². The Morgan fingerprint density at radius 3 is 2.89 bits per heavy atom. The molecular formula is C14H17N5. The summed E-state index contributed by atoms with van der Waals surface area (Å²) in [4.78, 5) is 4.67. The van der Waals surface area contributed by atoms with Crippen LogP contribution in [0.5, 0.6) is 0 Å².